The van der Waals surface area contributed by atoms with Crippen molar-refractivity contribution >= 4 is 5.97 Å². The molecule has 3 nitrogen and oxygen atoms in total. The molecule has 0 aromatic carbocycles. The van der Waals surface area contributed by atoms with Crippen LogP contribution in [0, 0.1) is 6.92 Å². The minimum Gasteiger partial charge on any atom is -0.481 e. The normalized spacial score (nSPS) is 9.70. The molecule has 0 atom stereocenters. The first-order valence-electron chi connectivity index (χ1n) is 2.74. The molecule has 0 saturated heterocycles. The Kier molecular flexibility index (Phi) is 1.76. The molecular weight excluding hydrogens is 132 g/mol. The maximum absolute atomic E-state index is 10.1. The van der Waals surface area contributed by atoms with Gasteiger partial charge in [0.2, 0.25) is 0 Å². The number of carboxylic acid groups (broad SMARTS) is 1. The number of aliphatic carboxylic acids is 1. The number of furan rings is 1. The second-order valence-corrected chi connectivity index (χ2v) is 1.87. The number of hydrogen-bond acceptors (Lipinski definition) is 2. The zero-order chi connectivity index (χ0) is 7.56. The maximum atomic E-state index is 10.1. The second-order valence-electron chi connectivity index (χ2n) is 1.87. The predicted molar refractivity (Wildman–Crippen MR) is 33.4 cm³/mol. The van der Waals surface area contributed by atoms with Crippen LogP contribution < -0.4 is 0 Å². The molecule has 0 spiro atoms. The van der Waals surface area contributed by atoms with Crippen LogP contribution >= 0.6 is 0 Å². The Morgan fingerprint density at radius 3 is 2.80 bits per heavy atom. The summed E-state index contributed by atoms with van der Waals surface area (Å²) in [6, 6.07) is 3.07. The minimum atomic E-state index is -0.922. The van der Waals surface area contributed by atoms with Crippen molar-refractivity contribution in [3.63, 3.8) is 0 Å². The van der Waals surface area contributed by atoms with Crippen molar-refractivity contribution in [2.24, 2.45) is 0 Å². The summed E-state index contributed by atoms with van der Waals surface area (Å²) in [6.07, 6.45) is -0.114. The molecular formula is C7H6O3. The molecule has 0 aliphatic heterocycles. The van der Waals surface area contributed by atoms with Crippen molar-refractivity contribution < 1.29 is 14.3 Å². The van der Waals surface area contributed by atoms with Gasteiger partial charge in [-0.1, -0.05) is 0 Å². The largest absolute Gasteiger partial charge is 0.481 e. The van der Waals surface area contributed by atoms with E-state index in [2.05, 4.69) is 0 Å². The van der Waals surface area contributed by atoms with Gasteiger partial charge in [-0.15, -0.1) is 0 Å². The molecule has 1 heterocycles. The van der Waals surface area contributed by atoms with Crippen molar-refractivity contribution in [1.82, 2.24) is 0 Å². The van der Waals surface area contributed by atoms with Crippen LogP contribution in [0.4, 0.5) is 0 Å². The molecule has 1 aromatic rings. The average molecular weight is 138 g/mol. The summed E-state index contributed by atoms with van der Waals surface area (Å²) in [4.78, 5) is 10.1. The van der Waals surface area contributed by atoms with E-state index in [1.807, 2.05) is 0 Å². The quantitative estimate of drug-likeness (QED) is 0.662. The Hall–Kier alpha value is -1.25. The zero-order valence-electron chi connectivity index (χ0n) is 5.20. The van der Waals surface area contributed by atoms with Gasteiger partial charge in [0.15, 0.2) is 0 Å². The van der Waals surface area contributed by atoms with Crippen molar-refractivity contribution in [3.8, 4) is 0 Å². The molecule has 3 heteroatoms. The monoisotopic (exact) mass is 138 g/mol. The van der Waals surface area contributed by atoms with Crippen LogP contribution in [0.5, 0.6) is 0 Å². The Morgan fingerprint density at radius 1 is 1.70 bits per heavy atom. The van der Waals surface area contributed by atoms with Gasteiger partial charge in [0, 0.05) is 6.92 Å². The fraction of sp³-hybridized carbons (Fsp3) is 0.143. The Balaban J connectivity index is 2.67. The molecule has 0 bridgehead atoms. The van der Waals surface area contributed by atoms with Crippen molar-refractivity contribution in [3.05, 3.63) is 30.6 Å². The number of carbonyl (C=O) groups is 1. The second kappa shape index (κ2) is 2.56. The molecule has 0 aliphatic carbocycles. The lowest BCUT2D eigenvalue weighted by Gasteiger charge is -1.87. The number of carboxylic acids is 1. The Bertz CT molecular complexity index is 237. The topological polar surface area (TPSA) is 50.4 Å². The highest BCUT2D eigenvalue weighted by molar-refractivity contribution is 5.69. The molecule has 52 valence electrons. The molecule has 1 N–H and O–H groups in total. The maximum Gasteiger partial charge on any atom is 0.311 e. The van der Waals surface area contributed by atoms with E-state index in [1.165, 1.54) is 6.07 Å². The summed E-state index contributed by atoms with van der Waals surface area (Å²) in [5, 5.41) is 8.28. The minimum absolute atomic E-state index is 0.114. The molecule has 1 aromatic heterocycles. The van der Waals surface area contributed by atoms with Crippen molar-refractivity contribution in [2.45, 2.75) is 6.42 Å². The van der Waals surface area contributed by atoms with Crippen LogP contribution in [0.25, 0.3) is 0 Å². The molecule has 1 rings (SSSR count). The van der Waals surface area contributed by atoms with Gasteiger partial charge in [0.05, 0.1) is 0 Å². The smallest absolute Gasteiger partial charge is 0.311 e. The van der Waals surface area contributed by atoms with Crippen molar-refractivity contribution in [1.29, 1.82) is 0 Å². The average Bonchev–Trinajstić information content (AvgIpc) is 2.13. The lowest BCUT2D eigenvalue weighted by molar-refractivity contribution is -0.136. The fourth-order valence-corrected chi connectivity index (χ4v) is 0.639. The van der Waals surface area contributed by atoms with Gasteiger partial charge >= 0.3 is 5.97 Å². The van der Waals surface area contributed by atoms with E-state index in [1.54, 1.807) is 6.07 Å². The van der Waals surface area contributed by atoms with Crippen LogP contribution in [0.3, 0.4) is 0 Å². The van der Waals surface area contributed by atoms with E-state index in [-0.39, 0.29) is 12.2 Å². The first-order valence-corrected chi connectivity index (χ1v) is 2.74. The van der Waals surface area contributed by atoms with Crippen LogP contribution in [0.15, 0.2) is 16.5 Å². The van der Waals surface area contributed by atoms with Crippen LogP contribution in [-0.2, 0) is 11.2 Å². The molecule has 10 heavy (non-hydrogen) atoms. The van der Waals surface area contributed by atoms with Gasteiger partial charge in [-0.3, -0.25) is 4.79 Å². The van der Waals surface area contributed by atoms with E-state index in [9.17, 15) is 4.79 Å². The van der Waals surface area contributed by atoms with Gasteiger partial charge in [-0.25, -0.2) is 0 Å². The summed E-state index contributed by atoms with van der Waals surface area (Å²) < 4.78 is 4.79. The highest BCUT2D eigenvalue weighted by Crippen LogP contribution is 2.06. The first kappa shape index (κ1) is 6.86. The first-order chi connectivity index (χ1) is 4.68. The fourth-order valence-electron chi connectivity index (χ4n) is 0.639. The summed E-state index contributed by atoms with van der Waals surface area (Å²) >= 11 is 0. The predicted octanol–water partition coefficient (Wildman–Crippen LogP) is 0.966. The van der Waals surface area contributed by atoms with Crippen molar-refractivity contribution in [2.75, 3.05) is 0 Å². The van der Waals surface area contributed by atoms with Gasteiger partial charge < -0.3 is 9.52 Å². The molecule has 0 fully saturated rings. The number of hydrogen-bond donors (Lipinski definition) is 1. The lowest BCUT2D eigenvalue weighted by atomic mass is 10.3. The van der Waals surface area contributed by atoms with Gasteiger partial charge in [-0.05, 0) is 12.1 Å². The third kappa shape index (κ3) is 1.62. The van der Waals surface area contributed by atoms with E-state index in [4.69, 9.17) is 16.4 Å². The van der Waals surface area contributed by atoms with Crippen LogP contribution in [0.1, 0.15) is 11.5 Å². The third-order valence-electron chi connectivity index (χ3n) is 1.01. The summed E-state index contributed by atoms with van der Waals surface area (Å²) in [7, 11) is 0. The summed E-state index contributed by atoms with van der Waals surface area (Å²) in [5.74, 6) is -0.296. The molecule has 0 saturated carbocycles. The van der Waals surface area contributed by atoms with Crippen LogP contribution in [0.2, 0.25) is 0 Å². The summed E-state index contributed by atoms with van der Waals surface area (Å²) in [5.41, 5.74) is 0. The van der Waals surface area contributed by atoms with E-state index in [0.717, 1.165) is 0 Å². The summed E-state index contributed by atoms with van der Waals surface area (Å²) in [6.45, 7) is 5.19. The molecule has 2 radical (unpaired) electrons. The van der Waals surface area contributed by atoms with Gasteiger partial charge in [0.1, 0.15) is 17.9 Å². The van der Waals surface area contributed by atoms with E-state index < -0.39 is 5.97 Å². The Labute approximate surface area is 58.3 Å². The van der Waals surface area contributed by atoms with E-state index >= 15 is 0 Å². The van der Waals surface area contributed by atoms with Crippen LogP contribution in [-0.4, -0.2) is 11.1 Å². The zero-order valence-corrected chi connectivity index (χ0v) is 5.20. The molecule has 0 aliphatic rings. The standard InChI is InChI=1S/C7H6O3/c1-5-2-3-6(10-5)4-7(8)9/h1-3H,4H2,(H,8,9). The van der Waals surface area contributed by atoms with Gasteiger partial charge in [-0.2, -0.15) is 0 Å². The number of rotatable bonds is 2. The highest BCUT2D eigenvalue weighted by Gasteiger charge is 2.02. The highest BCUT2D eigenvalue weighted by atomic mass is 16.4. The molecule has 0 unspecified atom stereocenters. The third-order valence-corrected chi connectivity index (χ3v) is 1.01. The Morgan fingerprint density at radius 2 is 2.40 bits per heavy atom. The van der Waals surface area contributed by atoms with E-state index in [0.29, 0.717) is 5.76 Å². The SMILES string of the molecule is [CH]c1ccc(CC(=O)O)o1. The lowest BCUT2D eigenvalue weighted by Crippen LogP contribution is -1.97. The van der Waals surface area contributed by atoms with Gasteiger partial charge in [0.25, 0.3) is 0 Å². The molecule has 0 amide bonds.